The van der Waals surface area contributed by atoms with Crippen LogP contribution in [-0.2, 0) is 0 Å². The molecule has 0 atom stereocenters. The molecule has 6 rings (SSSR count). The Morgan fingerprint density at radius 1 is 0.971 bits per heavy atom. The first-order chi connectivity index (χ1) is 16.8. The highest BCUT2D eigenvalue weighted by Gasteiger charge is 2.23. The molecule has 0 unspecified atom stereocenters. The number of nitrogens with zero attached hydrogens (tertiary/aromatic N) is 4. The van der Waals surface area contributed by atoms with E-state index in [1.807, 2.05) is 42.9 Å². The SMILES string of the molecule is Fc1ccc(-c2ncn(C3CCNCC3)c2-c2ccnc(Oc3cccc4[nH]ccc34)n2)cc1. The number of aromatic nitrogens is 5. The molecule has 8 heteroatoms. The van der Waals surface area contributed by atoms with Crippen molar-refractivity contribution in [3.63, 3.8) is 0 Å². The summed E-state index contributed by atoms with van der Waals surface area (Å²) < 4.78 is 21.9. The van der Waals surface area contributed by atoms with Gasteiger partial charge < -0.3 is 19.6 Å². The lowest BCUT2D eigenvalue weighted by molar-refractivity contribution is 0.370. The van der Waals surface area contributed by atoms with Gasteiger partial charge in [0.15, 0.2) is 0 Å². The molecule has 5 aromatic rings. The Kier molecular flexibility index (Phi) is 5.27. The Morgan fingerprint density at radius 2 is 1.82 bits per heavy atom. The second kappa shape index (κ2) is 8.72. The quantitative estimate of drug-likeness (QED) is 0.374. The molecule has 7 nitrogen and oxygen atoms in total. The summed E-state index contributed by atoms with van der Waals surface area (Å²) in [5.41, 5.74) is 4.17. The molecular formula is C26H23FN6O. The van der Waals surface area contributed by atoms with Crippen LogP contribution in [0.15, 0.2) is 73.3 Å². The van der Waals surface area contributed by atoms with Crippen molar-refractivity contribution in [3.05, 3.63) is 79.1 Å². The summed E-state index contributed by atoms with van der Waals surface area (Å²) in [6.07, 6.45) is 7.43. The maximum atomic E-state index is 13.6. The monoisotopic (exact) mass is 454 g/mol. The number of rotatable bonds is 5. The van der Waals surface area contributed by atoms with Crippen LogP contribution in [0.5, 0.6) is 11.8 Å². The normalized spacial score (nSPS) is 14.5. The zero-order valence-corrected chi connectivity index (χ0v) is 18.4. The largest absolute Gasteiger partial charge is 0.424 e. The number of nitrogens with one attached hydrogen (secondary N) is 2. The highest BCUT2D eigenvalue weighted by molar-refractivity contribution is 5.86. The standard InChI is InChI=1S/C26H23FN6O/c27-18-6-4-17(5-7-18)24-25(33(16-31-24)19-8-12-28-13-9-19)22-11-15-30-26(32-22)34-23-3-1-2-21-20(23)10-14-29-21/h1-7,10-11,14-16,19,28-29H,8-9,12-13H2. The topological polar surface area (TPSA) is 80.6 Å². The van der Waals surface area contributed by atoms with Crippen molar-refractivity contribution in [2.75, 3.05) is 13.1 Å². The van der Waals surface area contributed by atoms with Crippen molar-refractivity contribution in [3.8, 4) is 34.4 Å². The summed E-state index contributed by atoms with van der Waals surface area (Å²) in [6.45, 7) is 1.90. The fourth-order valence-electron chi connectivity index (χ4n) is 4.56. The number of halogens is 1. The van der Waals surface area contributed by atoms with Gasteiger partial charge in [-0.15, -0.1) is 0 Å². The average Bonchev–Trinajstić information content (AvgIpc) is 3.54. The van der Waals surface area contributed by atoms with Gasteiger partial charge in [-0.2, -0.15) is 4.98 Å². The van der Waals surface area contributed by atoms with Gasteiger partial charge >= 0.3 is 6.01 Å². The zero-order valence-electron chi connectivity index (χ0n) is 18.4. The molecule has 3 aromatic heterocycles. The molecule has 2 aromatic carbocycles. The molecule has 0 saturated carbocycles. The smallest absolute Gasteiger partial charge is 0.322 e. The Labute approximate surface area is 195 Å². The van der Waals surface area contributed by atoms with Gasteiger partial charge in [0.05, 0.1) is 23.4 Å². The molecule has 4 heterocycles. The molecule has 170 valence electrons. The number of H-pyrrole nitrogens is 1. The van der Waals surface area contributed by atoms with E-state index in [1.54, 1.807) is 18.3 Å². The number of piperidine rings is 1. The summed E-state index contributed by atoms with van der Waals surface area (Å²) in [6, 6.07) is 16.6. The number of benzene rings is 2. The minimum atomic E-state index is -0.278. The molecule has 0 amide bonds. The van der Waals surface area contributed by atoms with Crippen molar-refractivity contribution in [1.82, 2.24) is 29.8 Å². The van der Waals surface area contributed by atoms with Crippen molar-refractivity contribution >= 4 is 10.9 Å². The van der Waals surface area contributed by atoms with E-state index in [4.69, 9.17) is 14.7 Å². The van der Waals surface area contributed by atoms with Crippen LogP contribution in [0, 0.1) is 5.82 Å². The van der Waals surface area contributed by atoms with Crippen molar-refractivity contribution < 1.29 is 9.13 Å². The molecule has 1 saturated heterocycles. The molecule has 1 aliphatic heterocycles. The van der Waals surface area contributed by atoms with E-state index in [0.29, 0.717) is 17.5 Å². The molecule has 1 fully saturated rings. The summed E-state index contributed by atoms with van der Waals surface area (Å²) in [5.74, 6) is 0.404. The average molecular weight is 455 g/mol. The van der Waals surface area contributed by atoms with E-state index in [0.717, 1.165) is 53.8 Å². The van der Waals surface area contributed by atoms with Crippen molar-refractivity contribution in [1.29, 1.82) is 0 Å². The molecule has 0 aliphatic carbocycles. The number of aromatic amines is 1. The lowest BCUT2D eigenvalue weighted by Crippen LogP contribution is -2.29. The highest BCUT2D eigenvalue weighted by Crippen LogP contribution is 2.35. The zero-order chi connectivity index (χ0) is 22.9. The fourth-order valence-corrected chi connectivity index (χ4v) is 4.56. The minimum Gasteiger partial charge on any atom is -0.424 e. The second-order valence-electron chi connectivity index (χ2n) is 8.36. The van der Waals surface area contributed by atoms with Crippen LogP contribution in [-0.4, -0.2) is 37.6 Å². The number of fused-ring (bicyclic) bond motifs is 1. The third-order valence-electron chi connectivity index (χ3n) is 6.25. The summed E-state index contributed by atoms with van der Waals surface area (Å²) in [5, 5.41) is 4.37. The summed E-state index contributed by atoms with van der Waals surface area (Å²) in [7, 11) is 0. The van der Waals surface area contributed by atoms with Gasteiger partial charge in [0, 0.05) is 34.9 Å². The first-order valence-corrected chi connectivity index (χ1v) is 11.4. The molecular weight excluding hydrogens is 431 g/mol. The lowest BCUT2D eigenvalue weighted by atomic mass is 10.0. The Balaban J connectivity index is 1.43. The van der Waals surface area contributed by atoms with Gasteiger partial charge in [-0.05, 0) is 74.5 Å². The third kappa shape index (κ3) is 3.82. The molecule has 34 heavy (non-hydrogen) atoms. The van der Waals surface area contributed by atoms with Gasteiger partial charge in [-0.1, -0.05) is 6.07 Å². The Morgan fingerprint density at radius 3 is 2.68 bits per heavy atom. The minimum absolute atomic E-state index is 0.259. The Hall–Kier alpha value is -4.04. The van der Waals surface area contributed by atoms with Gasteiger partial charge in [-0.3, -0.25) is 0 Å². The summed E-state index contributed by atoms with van der Waals surface area (Å²) >= 11 is 0. The third-order valence-corrected chi connectivity index (χ3v) is 6.25. The van der Waals surface area contributed by atoms with E-state index >= 15 is 0 Å². The van der Waals surface area contributed by atoms with Crippen LogP contribution < -0.4 is 10.1 Å². The van der Waals surface area contributed by atoms with E-state index < -0.39 is 0 Å². The van der Waals surface area contributed by atoms with Gasteiger partial charge in [-0.25, -0.2) is 14.4 Å². The molecule has 2 N–H and O–H groups in total. The van der Waals surface area contributed by atoms with Crippen LogP contribution in [0.25, 0.3) is 33.5 Å². The van der Waals surface area contributed by atoms with Crippen LogP contribution in [0.3, 0.4) is 0 Å². The maximum absolute atomic E-state index is 13.6. The van der Waals surface area contributed by atoms with E-state index in [9.17, 15) is 4.39 Å². The number of ether oxygens (including phenoxy) is 1. The first kappa shape index (κ1) is 20.6. The van der Waals surface area contributed by atoms with Crippen LogP contribution in [0.4, 0.5) is 4.39 Å². The van der Waals surface area contributed by atoms with E-state index in [-0.39, 0.29) is 11.8 Å². The predicted octanol–water partition coefficient (Wildman–Crippen LogP) is 5.34. The lowest BCUT2D eigenvalue weighted by Gasteiger charge is -2.25. The summed E-state index contributed by atoms with van der Waals surface area (Å²) in [4.78, 5) is 17.0. The van der Waals surface area contributed by atoms with E-state index in [1.165, 1.54) is 12.1 Å². The van der Waals surface area contributed by atoms with Gasteiger partial charge in [0.2, 0.25) is 0 Å². The van der Waals surface area contributed by atoms with Crippen molar-refractivity contribution in [2.24, 2.45) is 0 Å². The van der Waals surface area contributed by atoms with Gasteiger partial charge in [0.25, 0.3) is 0 Å². The Bertz CT molecular complexity index is 1440. The molecule has 1 aliphatic rings. The first-order valence-electron chi connectivity index (χ1n) is 11.4. The highest BCUT2D eigenvalue weighted by atomic mass is 19.1. The van der Waals surface area contributed by atoms with Crippen LogP contribution in [0.1, 0.15) is 18.9 Å². The molecule has 0 radical (unpaired) electrons. The van der Waals surface area contributed by atoms with E-state index in [2.05, 4.69) is 19.9 Å². The predicted molar refractivity (Wildman–Crippen MR) is 128 cm³/mol. The second-order valence-corrected chi connectivity index (χ2v) is 8.36. The van der Waals surface area contributed by atoms with Crippen LogP contribution in [0.2, 0.25) is 0 Å². The van der Waals surface area contributed by atoms with Crippen LogP contribution >= 0.6 is 0 Å². The number of hydrogen-bond donors (Lipinski definition) is 2. The van der Waals surface area contributed by atoms with Gasteiger partial charge in [0.1, 0.15) is 11.6 Å². The molecule has 0 spiro atoms. The number of hydrogen-bond acceptors (Lipinski definition) is 5. The number of imidazole rings is 1. The maximum Gasteiger partial charge on any atom is 0.322 e. The van der Waals surface area contributed by atoms with Crippen molar-refractivity contribution in [2.45, 2.75) is 18.9 Å². The molecule has 0 bridgehead atoms. The fraction of sp³-hybridized carbons (Fsp3) is 0.192.